The second kappa shape index (κ2) is 9.67. The predicted octanol–water partition coefficient (Wildman–Crippen LogP) is 3.34. The number of ether oxygens (including phenoxy) is 1. The maximum atomic E-state index is 12.5. The molecule has 2 amide bonds. The number of anilines is 1. The first-order valence-corrected chi connectivity index (χ1v) is 9.40. The summed E-state index contributed by atoms with van der Waals surface area (Å²) in [6.07, 6.45) is 0. The third-order valence-electron chi connectivity index (χ3n) is 4.46. The quantitative estimate of drug-likeness (QED) is 0.774. The van der Waals surface area contributed by atoms with Crippen LogP contribution in [0.4, 0.5) is 14.5 Å². The average Bonchev–Trinajstić information content (AvgIpc) is 2.69. The van der Waals surface area contributed by atoms with E-state index in [2.05, 4.69) is 10.1 Å². The maximum Gasteiger partial charge on any atom is 0.387 e. The fourth-order valence-electron chi connectivity index (χ4n) is 3.04. The van der Waals surface area contributed by atoms with Gasteiger partial charge in [0.25, 0.3) is 5.91 Å². The molecule has 2 aromatic rings. The number of halogens is 3. The summed E-state index contributed by atoms with van der Waals surface area (Å²) in [7, 11) is 0. The molecule has 1 heterocycles. The summed E-state index contributed by atoms with van der Waals surface area (Å²) in [5.74, 6) is -0.275. The Morgan fingerprint density at radius 2 is 1.76 bits per heavy atom. The van der Waals surface area contributed by atoms with Crippen LogP contribution in [0, 0.1) is 0 Å². The van der Waals surface area contributed by atoms with Gasteiger partial charge in [-0.15, -0.1) is 0 Å². The van der Waals surface area contributed by atoms with Gasteiger partial charge in [-0.05, 0) is 42.5 Å². The highest BCUT2D eigenvalue weighted by atomic mass is 35.5. The zero-order valence-corrected chi connectivity index (χ0v) is 16.2. The summed E-state index contributed by atoms with van der Waals surface area (Å²) in [6.45, 7) is -0.549. The Balaban J connectivity index is 1.45. The fourth-order valence-corrected chi connectivity index (χ4v) is 3.23. The van der Waals surface area contributed by atoms with E-state index in [1.165, 1.54) is 24.3 Å². The normalized spacial score (nSPS) is 14.7. The van der Waals surface area contributed by atoms with E-state index < -0.39 is 6.61 Å². The molecule has 1 N–H and O–H groups in total. The van der Waals surface area contributed by atoms with Gasteiger partial charge in [0.05, 0.1) is 6.54 Å². The SMILES string of the molecule is O=C(CN1CCN(C(=O)c2cccc(Cl)c2)CC1)Nc1ccc(OC(F)F)cc1. The third kappa shape index (κ3) is 6.13. The van der Waals surface area contributed by atoms with Crippen molar-refractivity contribution in [3.8, 4) is 5.75 Å². The van der Waals surface area contributed by atoms with Crippen LogP contribution in [0.15, 0.2) is 48.5 Å². The molecule has 0 radical (unpaired) electrons. The van der Waals surface area contributed by atoms with Crippen LogP contribution in [0.25, 0.3) is 0 Å². The van der Waals surface area contributed by atoms with Gasteiger partial charge in [-0.1, -0.05) is 17.7 Å². The van der Waals surface area contributed by atoms with E-state index >= 15 is 0 Å². The molecule has 1 aliphatic heterocycles. The molecule has 6 nitrogen and oxygen atoms in total. The van der Waals surface area contributed by atoms with E-state index in [4.69, 9.17) is 11.6 Å². The summed E-state index contributed by atoms with van der Waals surface area (Å²) in [6, 6.07) is 12.5. The highest BCUT2D eigenvalue weighted by Gasteiger charge is 2.23. The van der Waals surface area contributed by atoms with Gasteiger partial charge in [0.1, 0.15) is 5.75 Å². The van der Waals surface area contributed by atoms with Crippen molar-refractivity contribution in [2.75, 3.05) is 38.0 Å². The molecule has 154 valence electrons. The molecule has 0 bridgehead atoms. The highest BCUT2D eigenvalue weighted by Crippen LogP contribution is 2.18. The van der Waals surface area contributed by atoms with E-state index in [0.717, 1.165) is 0 Å². The van der Waals surface area contributed by atoms with Crippen molar-refractivity contribution < 1.29 is 23.1 Å². The van der Waals surface area contributed by atoms with Crippen LogP contribution < -0.4 is 10.1 Å². The van der Waals surface area contributed by atoms with Crippen LogP contribution in [0.3, 0.4) is 0 Å². The second-order valence-electron chi connectivity index (χ2n) is 6.53. The van der Waals surface area contributed by atoms with Crippen LogP contribution >= 0.6 is 11.6 Å². The van der Waals surface area contributed by atoms with Gasteiger partial charge in [0, 0.05) is 42.5 Å². The lowest BCUT2D eigenvalue weighted by atomic mass is 10.2. The fraction of sp³-hybridized carbons (Fsp3) is 0.300. The number of amides is 2. The molecule has 1 fully saturated rings. The van der Waals surface area contributed by atoms with Gasteiger partial charge in [0.2, 0.25) is 5.91 Å². The molecule has 1 aliphatic rings. The lowest BCUT2D eigenvalue weighted by molar-refractivity contribution is -0.117. The Hall–Kier alpha value is -2.71. The van der Waals surface area contributed by atoms with Crippen LogP contribution in [-0.4, -0.2) is 60.9 Å². The number of benzene rings is 2. The van der Waals surface area contributed by atoms with Crippen molar-refractivity contribution in [2.24, 2.45) is 0 Å². The van der Waals surface area contributed by atoms with Crippen molar-refractivity contribution >= 4 is 29.1 Å². The first-order valence-electron chi connectivity index (χ1n) is 9.02. The lowest BCUT2D eigenvalue weighted by Gasteiger charge is -2.34. The second-order valence-corrected chi connectivity index (χ2v) is 6.97. The number of rotatable bonds is 6. The number of nitrogens with one attached hydrogen (secondary N) is 1. The molecule has 0 aromatic heterocycles. The minimum atomic E-state index is -2.89. The number of carbonyl (C=O) groups is 2. The predicted molar refractivity (Wildman–Crippen MR) is 105 cm³/mol. The number of nitrogens with zero attached hydrogens (tertiary/aromatic N) is 2. The minimum Gasteiger partial charge on any atom is -0.435 e. The summed E-state index contributed by atoms with van der Waals surface area (Å²) in [5.41, 5.74) is 1.04. The first kappa shape index (κ1) is 21.0. The topological polar surface area (TPSA) is 61.9 Å². The van der Waals surface area contributed by atoms with Crippen molar-refractivity contribution in [3.63, 3.8) is 0 Å². The molecule has 3 rings (SSSR count). The highest BCUT2D eigenvalue weighted by molar-refractivity contribution is 6.30. The molecular formula is C20H20ClF2N3O3. The average molecular weight is 424 g/mol. The van der Waals surface area contributed by atoms with Crippen molar-refractivity contribution in [3.05, 3.63) is 59.1 Å². The first-order chi connectivity index (χ1) is 13.9. The van der Waals surface area contributed by atoms with E-state index in [0.29, 0.717) is 42.5 Å². The van der Waals surface area contributed by atoms with E-state index in [-0.39, 0.29) is 24.1 Å². The Morgan fingerprint density at radius 3 is 2.38 bits per heavy atom. The summed E-state index contributed by atoms with van der Waals surface area (Å²) >= 11 is 5.94. The van der Waals surface area contributed by atoms with E-state index in [1.807, 2.05) is 4.90 Å². The van der Waals surface area contributed by atoms with Crippen LogP contribution in [0.5, 0.6) is 5.75 Å². The van der Waals surface area contributed by atoms with E-state index in [1.54, 1.807) is 29.2 Å². The zero-order valence-electron chi connectivity index (χ0n) is 15.5. The van der Waals surface area contributed by atoms with Crippen molar-refractivity contribution in [1.82, 2.24) is 9.80 Å². The Morgan fingerprint density at radius 1 is 1.07 bits per heavy atom. The molecule has 0 aliphatic carbocycles. The smallest absolute Gasteiger partial charge is 0.387 e. The standard InChI is InChI=1S/C20H20ClF2N3O3/c21-15-3-1-2-14(12-15)19(28)26-10-8-25(9-11-26)13-18(27)24-16-4-6-17(7-5-16)29-20(22)23/h1-7,12,20H,8-11,13H2,(H,24,27). The Kier molecular flexibility index (Phi) is 7.00. The molecule has 1 saturated heterocycles. The van der Waals surface area contributed by atoms with Crippen molar-refractivity contribution in [2.45, 2.75) is 6.61 Å². The maximum absolute atomic E-state index is 12.5. The van der Waals surface area contributed by atoms with Gasteiger partial charge >= 0.3 is 6.61 Å². The number of carbonyl (C=O) groups excluding carboxylic acids is 2. The zero-order chi connectivity index (χ0) is 20.8. The lowest BCUT2D eigenvalue weighted by Crippen LogP contribution is -2.50. The number of hydrogen-bond acceptors (Lipinski definition) is 4. The summed E-state index contributed by atoms with van der Waals surface area (Å²) < 4.78 is 28.6. The van der Waals surface area contributed by atoms with Crippen LogP contribution in [-0.2, 0) is 4.79 Å². The van der Waals surface area contributed by atoms with Gasteiger partial charge < -0.3 is 15.0 Å². The van der Waals surface area contributed by atoms with Crippen LogP contribution in [0.2, 0.25) is 5.02 Å². The van der Waals surface area contributed by atoms with E-state index in [9.17, 15) is 18.4 Å². The van der Waals surface area contributed by atoms with Gasteiger partial charge in [0.15, 0.2) is 0 Å². The molecule has 2 aromatic carbocycles. The van der Waals surface area contributed by atoms with Gasteiger partial charge in [-0.3, -0.25) is 14.5 Å². The number of piperazine rings is 1. The minimum absolute atomic E-state index is 0.0264. The van der Waals surface area contributed by atoms with Gasteiger partial charge in [-0.2, -0.15) is 8.78 Å². The molecule has 29 heavy (non-hydrogen) atoms. The Bertz CT molecular complexity index is 856. The summed E-state index contributed by atoms with van der Waals surface area (Å²) in [5, 5.41) is 3.23. The molecule has 9 heteroatoms. The number of alkyl halides is 2. The Labute approximate surface area is 172 Å². The van der Waals surface area contributed by atoms with Gasteiger partial charge in [-0.25, -0.2) is 0 Å². The van der Waals surface area contributed by atoms with Crippen LogP contribution in [0.1, 0.15) is 10.4 Å². The molecule has 0 unspecified atom stereocenters. The molecule has 0 atom stereocenters. The van der Waals surface area contributed by atoms with Crippen molar-refractivity contribution in [1.29, 1.82) is 0 Å². The molecule has 0 saturated carbocycles. The largest absolute Gasteiger partial charge is 0.435 e. The monoisotopic (exact) mass is 423 g/mol. The summed E-state index contributed by atoms with van der Waals surface area (Å²) in [4.78, 5) is 28.4. The number of hydrogen-bond donors (Lipinski definition) is 1. The third-order valence-corrected chi connectivity index (χ3v) is 4.70. The molecular weight excluding hydrogens is 404 g/mol. The molecule has 0 spiro atoms.